The van der Waals surface area contributed by atoms with E-state index in [0.29, 0.717) is 0 Å². The Morgan fingerprint density at radius 2 is 1.04 bits per heavy atom. The molecule has 2 aromatic rings. The molecule has 0 heterocycles. The summed E-state index contributed by atoms with van der Waals surface area (Å²) < 4.78 is 6.69. The van der Waals surface area contributed by atoms with Crippen LogP contribution in [0.2, 0.25) is 0 Å². The van der Waals surface area contributed by atoms with E-state index < -0.39 is 5.41 Å². The van der Waals surface area contributed by atoms with Crippen molar-refractivity contribution in [1.29, 1.82) is 0 Å². The maximum Gasteiger partial charge on any atom is 0.123 e. The summed E-state index contributed by atoms with van der Waals surface area (Å²) in [4.78, 5) is 0. The summed E-state index contributed by atoms with van der Waals surface area (Å²) in [5.74, 6) is 0.782. The fourth-order valence-electron chi connectivity index (χ4n) is 6.85. The first kappa shape index (κ1) is 40.3. The highest BCUT2D eigenvalue weighted by Crippen LogP contribution is 2.52. The molecule has 0 aliphatic rings. The zero-order valence-electron chi connectivity index (χ0n) is 32.0. The molecule has 0 fully saturated rings. The molecule has 0 bridgehead atoms. The number of unbranched alkanes of at least 4 members (excludes halogenated alkanes) is 4. The first-order valence-electron chi connectivity index (χ1n) is 18.0. The van der Waals surface area contributed by atoms with Gasteiger partial charge in [0.1, 0.15) is 12.4 Å². The Balaban J connectivity index is 3.25. The highest BCUT2D eigenvalue weighted by molar-refractivity contribution is 5.83. The molecule has 262 valence electrons. The second-order valence-corrected chi connectivity index (χ2v) is 17.5. The summed E-state index contributed by atoms with van der Waals surface area (Å²) in [6.07, 6.45) is 9.12. The molecule has 0 atom stereocenters. The van der Waals surface area contributed by atoms with Gasteiger partial charge in [-0.25, -0.2) is 0 Å². The molecule has 0 aliphatic heterocycles. The predicted octanol–water partition coefficient (Wildman–Crippen LogP) is 10.3. The van der Waals surface area contributed by atoms with Crippen LogP contribution in [0.5, 0.6) is 5.75 Å². The maximum absolute atomic E-state index is 10.2. The summed E-state index contributed by atoms with van der Waals surface area (Å²) >= 11 is 0. The lowest BCUT2D eigenvalue weighted by molar-refractivity contribution is -0.0262. The van der Waals surface area contributed by atoms with Crippen molar-refractivity contribution in [2.75, 3.05) is 26.4 Å². The fourth-order valence-corrected chi connectivity index (χ4v) is 6.85. The van der Waals surface area contributed by atoms with Crippen LogP contribution >= 0.6 is 0 Å². The van der Waals surface area contributed by atoms with Crippen molar-refractivity contribution in [3.05, 3.63) is 52.1 Å². The zero-order valence-corrected chi connectivity index (χ0v) is 32.0. The number of hydrogen-bond donors (Lipinski definition) is 3. The summed E-state index contributed by atoms with van der Waals surface area (Å²) in [5.41, 5.74) is 7.49. The van der Waals surface area contributed by atoms with E-state index in [1.807, 2.05) is 0 Å². The van der Waals surface area contributed by atoms with Crippen molar-refractivity contribution in [2.45, 2.75) is 163 Å². The number of aryl methyl sites for hydroxylation is 1. The van der Waals surface area contributed by atoms with Gasteiger partial charge in [-0.1, -0.05) is 145 Å². The van der Waals surface area contributed by atoms with Gasteiger partial charge < -0.3 is 20.1 Å². The minimum atomic E-state index is -1.13. The van der Waals surface area contributed by atoms with Gasteiger partial charge in [-0.05, 0) is 75.3 Å². The van der Waals surface area contributed by atoms with E-state index in [-0.39, 0.29) is 48.1 Å². The van der Waals surface area contributed by atoms with Gasteiger partial charge in [0.05, 0.1) is 25.2 Å². The van der Waals surface area contributed by atoms with Gasteiger partial charge in [-0.2, -0.15) is 0 Å². The largest absolute Gasteiger partial charge is 0.492 e. The van der Waals surface area contributed by atoms with Crippen LogP contribution in [0.4, 0.5) is 0 Å². The van der Waals surface area contributed by atoms with E-state index >= 15 is 0 Å². The summed E-state index contributed by atoms with van der Waals surface area (Å²) in [6.45, 7) is 29.2. The van der Waals surface area contributed by atoms with Crippen LogP contribution in [0.1, 0.15) is 162 Å². The normalized spacial score (nSPS) is 13.4. The Kier molecular flexibility index (Phi) is 14.0. The molecule has 0 amide bonds. The van der Waals surface area contributed by atoms with Crippen LogP contribution in [0.25, 0.3) is 11.1 Å². The Morgan fingerprint density at radius 3 is 1.46 bits per heavy atom. The van der Waals surface area contributed by atoms with Crippen LogP contribution in [-0.4, -0.2) is 41.7 Å². The first-order valence-corrected chi connectivity index (χ1v) is 18.0. The smallest absolute Gasteiger partial charge is 0.123 e. The molecule has 2 aromatic carbocycles. The number of aliphatic hydroxyl groups excluding tert-OH is 3. The summed E-state index contributed by atoms with van der Waals surface area (Å²) in [7, 11) is 0. The molecule has 46 heavy (non-hydrogen) atoms. The van der Waals surface area contributed by atoms with Gasteiger partial charge in [-0.15, -0.1) is 0 Å². The topological polar surface area (TPSA) is 69.9 Å². The van der Waals surface area contributed by atoms with Gasteiger partial charge in [0, 0.05) is 5.56 Å². The molecule has 0 spiro atoms. The third-order valence-corrected chi connectivity index (χ3v) is 10.1. The predicted molar refractivity (Wildman–Crippen MR) is 198 cm³/mol. The van der Waals surface area contributed by atoms with Crippen LogP contribution in [0.3, 0.4) is 0 Å². The van der Waals surface area contributed by atoms with Crippen LogP contribution in [0, 0.1) is 12.3 Å². The quantitative estimate of drug-likeness (QED) is 0.151. The minimum Gasteiger partial charge on any atom is -0.492 e. The van der Waals surface area contributed by atoms with Gasteiger partial charge in [-0.3, -0.25) is 0 Å². The molecule has 0 saturated heterocycles. The Hall–Kier alpha value is -1.88. The van der Waals surface area contributed by atoms with Gasteiger partial charge in [0.15, 0.2) is 0 Å². The third kappa shape index (κ3) is 9.60. The first-order chi connectivity index (χ1) is 21.2. The summed E-state index contributed by atoms with van der Waals surface area (Å²) in [5, 5.41) is 30.6. The Bertz CT molecular complexity index is 1210. The second kappa shape index (κ2) is 16.0. The van der Waals surface area contributed by atoms with E-state index in [4.69, 9.17) is 4.74 Å². The molecule has 0 saturated carbocycles. The highest BCUT2D eigenvalue weighted by atomic mass is 16.5. The molecule has 4 nitrogen and oxygen atoms in total. The number of aliphatic hydroxyl groups is 3. The lowest BCUT2D eigenvalue weighted by Gasteiger charge is -2.40. The number of hydrogen-bond acceptors (Lipinski definition) is 4. The van der Waals surface area contributed by atoms with Gasteiger partial charge in [0.2, 0.25) is 0 Å². The highest BCUT2D eigenvalue weighted by Gasteiger charge is 2.38. The minimum absolute atomic E-state index is 0.0272. The Morgan fingerprint density at radius 1 is 0.587 bits per heavy atom. The van der Waals surface area contributed by atoms with Crippen molar-refractivity contribution in [1.82, 2.24) is 0 Å². The summed E-state index contributed by atoms with van der Waals surface area (Å²) in [6, 6.07) is 9.22. The van der Waals surface area contributed by atoms with Crippen LogP contribution in [-0.2, 0) is 21.7 Å². The molecule has 0 unspecified atom stereocenters. The van der Waals surface area contributed by atoms with Crippen molar-refractivity contribution in [3.63, 3.8) is 0 Å². The fraction of sp³-hybridized carbons (Fsp3) is 0.714. The van der Waals surface area contributed by atoms with Gasteiger partial charge >= 0.3 is 0 Å². The molecule has 4 heteroatoms. The molecule has 3 N–H and O–H groups in total. The van der Waals surface area contributed by atoms with Crippen molar-refractivity contribution in [3.8, 4) is 16.9 Å². The molecule has 2 rings (SSSR count). The van der Waals surface area contributed by atoms with E-state index in [1.54, 1.807) is 0 Å². The van der Waals surface area contributed by atoms with E-state index in [0.717, 1.165) is 31.4 Å². The molecular formula is C42H70O4. The number of rotatable bonds is 17. The van der Waals surface area contributed by atoms with Crippen molar-refractivity contribution < 1.29 is 20.1 Å². The van der Waals surface area contributed by atoms with Crippen LogP contribution < -0.4 is 4.74 Å². The SMILES string of the molecule is CCCCCC(C)(C)c1ccc(OCC(CO)(CO)CO)c(C(C)(C)CCCCC)c1-c1c(C(C)(C)C)cc(C)cc1C(C)(C)C. The second-order valence-electron chi connectivity index (χ2n) is 17.5. The molecular weight excluding hydrogens is 568 g/mol. The Labute approximate surface area is 283 Å². The van der Waals surface area contributed by atoms with E-state index in [9.17, 15) is 15.3 Å². The van der Waals surface area contributed by atoms with Crippen molar-refractivity contribution >= 4 is 0 Å². The zero-order chi connectivity index (χ0) is 35.1. The average Bonchev–Trinajstić information content (AvgIpc) is 2.96. The van der Waals surface area contributed by atoms with Crippen LogP contribution in [0.15, 0.2) is 24.3 Å². The van der Waals surface area contributed by atoms with E-state index in [2.05, 4.69) is 114 Å². The van der Waals surface area contributed by atoms with Crippen molar-refractivity contribution in [2.24, 2.45) is 5.41 Å². The third-order valence-electron chi connectivity index (χ3n) is 10.1. The molecule has 0 aromatic heterocycles. The monoisotopic (exact) mass is 639 g/mol. The molecule has 0 aliphatic carbocycles. The molecule has 0 radical (unpaired) electrons. The maximum atomic E-state index is 10.2. The van der Waals surface area contributed by atoms with Gasteiger partial charge in [0.25, 0.3) is 0 Å². The number of benzene rings is 2. The standard InChI is InChI=1S/C42H70O4/c1-14-16-18-22-40(10,11)31-20-21-34(46-29-42(26-43,27-44)28-45)37(41(12,13)23-19-17-15-2)36(31)35-32(38(4,5)6)24-30(3)25-33(35)39(7,8)9/h20-21,24-25,43-45H,14-19,22-23,26-29H2,1-13H3. The lowest BCUT2D eigenvalue weighted by atomic mass is 9.65. The lowest BCUT2D eigenvalue weighted by Crippen LogP contribution is -2.40. The average molecular weight is 639 g/mol. The van der Waals surface area contributed by atoms with E-state index in [1.165, 1.54) is 64.6 Å². The number of ether oxygens (including phenoxy) is 1.